The Hall–Kier alpha value is -2.39. The molecule has 1 aliphatic carbocycles. The summed E-state index contributed by atoms with van der Waals surface area (Å²) >= 11 is 2.94. The van der Waals surface area contributed by atoms with Crippen molar-refractivity contribution < 1.29 is 32.9 Å². The molecule has 1 saturated carbocycles. The van der Waals surface area contributed by atoms with Gasteiger partial charge in [-0.15, -0.1) is 10.2 Å². The van der Waals surface area contributed by atoms with Crippen molar-refractivity contribution in [1.29, 1.82) is 0 Å². The predicted molar refractivity (Wildman–Crippen MR) is 122 cm³/mol. The summed E-state index contributed by atoms with van der Waals surface area (Å²) in [7, 11) is 1.43. The molecule has 1 aromatic carbocycles. The van der Waals surface area contributed by atoms with Crippen LogP contribution < -0.4 is 0 Å². The van der Waals surface area contributed by atoms with Gasteiger partial charge in [0.15, 0.2) is 11.6 Å². The smallest absolute Gasteiger partial charge is 0.173 e. The molecular formula is C22H24BrF3N6O4. The minimum atomic E-state index is -1.25. The average molecular weight is 573 g/mol. The Morgan fingerprint density at radius 2 is 1.89 bits per heavy atom. The van der Waals surface area contributed by atoms with Gasteiger partial charge in [0.2, 0.25) is 0 Å². The molecule has 7 atom stereocenters. The van der Waals surface area contributed by atoms with E-state index >= 15 is 0 Å². The van der Waals surface area contributed by atoms with E-state index in [-0.39, 0.29) is 28.2 Å². The number of benzene rings is 1. The van der Waals surface area contributed by atoms with Crippen LogP contribution in [-0.2, 0) is 15.9 Å². The maximum atomic E-state index is 14.5. The second-order valence-electron chi connectivity index (χ2n) is 8.94. The average Bonchev–Trinajstić information content (AvgIpc) is 3.52. The number of rotatable bonds is 7. The molecule has 1 saturated heterocycles. The zero-order valence-corrected chi connectivity index (χ0v) is 20.7. The first-order valence-electron chi connectivity index (χ1n) is 11.4. The van der Waals surface area contributed by atoms with E-state index in [1.807, 2.05) is 0 Å². The quantitative estimate of drug-likeness (QED) is 0.413. The normalized spacial score (nSPS) is 30.4. The van der Waals surface area contributed by atoms with Gasteiger partial charge in [0, 0.05) is 25.3 Å². The zero-order chi connectivity index (χ0) is 25.6. The number of aliphatic hydroxyl groups is 2. The van der Waals surface area contributed by atoms with Crippen molar-refractivity contribution in [3.8, 4) is 11.3 Å². The summed E-state index contributed by atoms with van der Waals surface area (Å²) in [4.78, 5) is 0. The van der Waals surface area contributed by atoms with E-state index in [1.54, 1.807) is 6.20 Å². The molecule has 2 N–H and O–H groups in total. The van der Waals surface area contributed by atoms with Gasteiger partial charge >= 0.3 is 0 Å². The lowest BCUT2D eigenvalue weighted by atomic mass is 9.90. The molecule has 194 valence electrons. The van der Waals surface area contributed by atoms with Gasteiger partial charge in [0.1, 0.15) is 36.2 Å². The SMILES string of the molecule is CO[C@@H]1[C@@H](n2cc(-c3ccc(Br)c(F)c3F)nn2)[C@@H](O)[C@@H](CO)O[C@@H]1Cc1cn([C@H]2CC[C@H]2F)nn1. The number of hydrogen-bond acceptors (Lipinski definition) is 8. The maximum Gasteiger partial charge on any atom is 0.173 e. The molecular weight excluding hydrogens is 549 g/mol. The minimum Gasteiger partial charge on any atom is -0.394 e. The molecule has 2 aliphatic rings. The zero-order valence-electron chi connectivity index (χ0n) is 19.1. The summed E-state index contributed by atoms with van der Waals surface area (Å²) in [6.45, 7) is -0.489. The first-order chi connectivity index (χ1) is 17.3. The van der Waals surface area contributed by atoms with Crippen LogP contribution in [0.25, 0.3) is 11.3 Å². The number of ether oxygens (including phenoxy) is 2. The number of aromatic nitrogens is 6. The van der Waals surface area contributed by atoms with Crippen LogP contribution in [0.5, 0.6) is 0 Å². The highest BCUT2D eigenvalue weighted by Crippen LogP contribution is 2.36. The molecule has 0 bridgehead atoms. The summed E-state index contributed by atoms with van der Waals surface area (Å²) in [5.41, 5.74) is 0.472. The van der Waals surface area contributed by atoms with Gasteiger partial charge in [-0.3, -0.25) is 0 Å². The Labute approximate surface area is 212 Å². The van der Waals surface area contributed by atoms with Crippen molar-refractivity contribution in [2.75, 3.05) is 13.7 Å². The molecule has 0 amide bonds. The van der Waals surface area contributed by atoms with E-state index in [4.69, 9.17) is 9.47 Å². The molecule has 0 unspecified atom stereocenters. The van der Waals surface area contributed by atoms with E-state index in [0.717, 1.165) is 0 Å². The number of aliphatic hydroxyl groups excluding tert-OH is 2. The third-order valence-corrected chi connectivity index (χ3v) is 7.44. The first kappa shape index (κ1) is 25.3. The number of halogens is 4. The van der Waals surface area contributed by atoms with Gasteiger partial charge in [-0.2, -0.15) is 0 Å². The van der Waals surface area contributed by atoms with Crippen molar-refractivity contribution >= 4 is 15.9 Å². The lowest BCUT2D eigenvalue weighted by Crippen LogP contribution is -2.57. The third kappa shape index (κ3) is 4.45. The summed E-state index contributed by atoms with van der Waals surface area (Å²) in [6, 6.07) is 1.49. The van der Waals surface area contributed by atoms with Crippen LogP contribution >= 0.6 is 15.9 Å². The van der Waals surface area contributed by atoms with Crippen LogP contribution in [0.4, 0.5) is 13.2 Å². The number of methoxy groups -OCH3 is 1. The summed E-state index contributed by atoms with van der Waals surface area (Å²) in [5.74, 6) is -2.15. The van der Waals surface area contributed by atoms with Crippen molar-refractivity contribution in [2.45, 2.75) is 61.9 Å². The molecule has 36 heavy (non-hydrogen) atoms. The van der Waals surface area contributed by atoms with Crippen LogP contribution in [0.15, 0.2) is 29.0 Å². The molecule has 10 nitrogen and oxygen atoms in total. The molecule has 2 fully saturated rings. The van der Waals surface area contributed by atoms with Crippen molar-refractivity contribution in [3.05, 3.63) is 46.3 Å². The van der Waals surface area contributed by atoms with Crippen LogP contribution in [0.3, 0.4) is 0 Å². The second kappa shape index (κ2) is 10.2. The van der Waals surface area contributed by atoms with Gasteiger partial charge < -0.3 is 19.7 Å². The van der Waals surface area contributed by atoms with Crippen LogP contribution in [-0.4, -0.2) is 84.5 Å². The largest absolute Gasteiger partial charge is 0.394 e. The van der Waals surface area contributed by atoms with Crippen molar-refractivity contribution in [2.24, 2.45) is 0 Å². The number of alkyl halides is 1. The highest BCUT2D eigenvalue weighted by molar-refractivity contribution is 9.10. The van der Waals surface area contributed by atoms with Gasteiger partial charge in [-0.05, 0) is 40.9 Å². The summed E-state index contributed by atoms with van der Waals surface area (Å²) < 4.78 is 56.7. The van der Waals surface area contributed by atoms with Crippen molar-refractivity contribution in [3.63, 3.8) is 0 Å². The molecule has 5 rings (SSSR count). The van der Waals surface area contributed by atoms with Gasteiger partial charge in [0.05, 0.1) is 35.1 Å². The van der Waals surface area contributed by atoms with Gasteiger partial charge in [-0.25, -0.2) is 22.5 Å². The molecule has 1 aliphatic heterocycles. The highest BCUT2D eigenvalue weighted by Gasteiger charge is 2.47. The van der Waals surface area contributed by atoms with E-state index in [0.29, 0.717) is 18.5 Å². The maximum absolute atomic E-state index is 14.5. The third-order valence-electron chi connectivity index (χ3n) is 6.83. The molecule has 3 heterocycles. The Morgan fingerprint density at radius 1 is 1.11 bits per heavy atom. The molecule has 3 aromatic rings. The summed E-state index contributed by atoms with van der Waals surface area (Å²) in [5, 5.41) is 37.0. The second-order valence-corrected chi connectivity index (χ2v) is 9.79. The highest BCUT2D eigenvalue weighted by atomic mass is 79.9. The standard InChI is InChI=1S/C22H24BrF3N6O4/c1-35-22-16(6-10-7-31(29-27-10)15-5-4-13(15)24)36-17(9-33)21(34)20(22)32-8-14(28-30-32)11-2-3-12(23)19(26)18(11)25/h2-3,7-8,13,15-17,20-22,33-34H,4-6,9H2,1H3/t13-,15+,16-,17-,20+,21+,22+/m1/s1. The number of hydrogen-bond donors (Lipinski definition) is 2. The fourth-order valence-electron chi connectivity index (χ4n) is 4.71. The Balaban J connectivity index is 1.42. The van der Waals surface area contributed by atoms with Gasteiger partial charge in [0.25, 0.3) is 0 Å². The van der Waals surface area contributed by atoms with Crippen LogP contribution in [0, 0.1) is 11.6 Å². The fraction of sp³-hybridized carbons (Fsp3) is 0.545. The van der Waals surface area contributed by atoms with Gasteiger partial charge in [-0.1, -0.05) is 10.4 Å². The predicted octanol–water partition coefficient (Wildman–Crippen LogP) is 2.17. The monoisotopic (exact) mass is 572 g/mol. The van der Waals surface area contributed by atoms with E-state index in [1.165, 1.54) is 34.8 Å². The minimum absolute atomic E-state index is 0.0275. The Morgan fingerprint density at radius 3 is 2.56 bits per heavy atom. The lowest BCUT2D eigenvalue weighted by Gasteiger charge is -2.43. The van der Waals surface area contributed by atoms with Crippen LogP contribution in [0.1, 0.15) is 30.6 Å². The molecule has 0 radical (unpaired) electrons. The van der Waals surface area contributed by atoms with Crippen molar-refractivity contribution in [1.82, 2.24) is 30.0 Å². The molecule has 0 spiro atoms. The molecule has 14 heteroatoms. The fourth-order valence-corrected chi connectivity index (χ4v) is 5.02. The van der Waals surface area contributed by atoms with E-state index < -0.39 is 54.9 Å². The lowest BCUT2D eigenvalue weighted by molar-refractivity contribution is -0.212. The van der Waals surface area contributed by atoms with E-state index in [2.05, 4.69) is 36.6 Å². The summed E-state index contributed by atoms with van der Waals surface area (Å²) in [6.07, 6.45) is -0.274. The first-order valence-corrected chi connectivity index (χ1v) is 12.2. The Bertz CT molecular complexity index is 1230. The van der Waals surface area contributed by atoms with E-state index in [9.17, 15) is 23.4 Å². The number of nitrogens with zero attached hydrogens (tertiary/aromatic N) is 6. The topological polar surface area (TPSA) is 120 Å². The molecule has 2 aromatic heterocycles. The van der Waals surface area contributed by atoms with Crippen LogP contribution in [0.2, 0.25) is 0 Å². The Kier molecular flexibility index (Phi) is 7.14.